The number of nitrogens with zero attached hydrogens (tertiary/aromatic N) is 1. The molecule has 1 fully saturated rings. The first-order valence-corrected chi connectivity index (χ1v) is 6.62. The Balaban J connectivity index is 2.53. The molecule has 0 spiro atoms. The van der Waals surface area contributed by atoms with E-state index in [9.17, 15) is 9.59 Å². The van der Waals surface area contributed by atoms with E-state index in [1.165, 1.54) is 0 Å². The summed E-state index contributed by atoms with van der Waals surface area (Å²) in [5, 5.41) is 11.7. The summed E-state index contributed by atoms with van der Waals surface area (Å²) in [4.78, 5) is 24.3. The van der Waals surface area contributed by atoms with Crippen LogP contribution in [0, 0.1) is 5.92 Å². The summed E-state index contributed by atoms with van der Waals surface area (Å²) in [5.41, 5.74) is 5.53. The fraction of sp³-hybridized carbons (Fsp3) is 0.833. The molecule has 1 rings (SSSR count). The molecule has 0 saturated carbocycles. The summed E-state index contributed by atoms with van der Waals surface area (Å²) >= 11 is 0. The van der Waals surface area contributed by atoms with Crippen LogP contribution < -0.4 is 11.1 Å². The van der Waals surface area contributed by atoms with Crippen molar-refractivity contribution >= 4 is 12.1 Å². The second kappa shape index (κ2) is 7.96. The minimum absolute atomic E-state index is 0.0322. The van der Waals surface area contributed by atoms with Gasteiger partial charge in [0.25, 0.3) is 0 Å². The molecule has 4 N–H and O–H groups in total. The molecular weight excluding hydrogens is 250 g/mol. The van der Waals surface area contributed by atoms with Gasteiger partial charge in [-0.2, -0.15) is 0 Å². The van der Waals surface area contributed by atoms with Gasteiger partial charge >= 0.3 is 12.1 Å². The van der Waals surface area contributed by atoms with E-state index in [0.29, 0.717) is 39.2 Å². The molecule has 1 heterocycles. The minimum Gasteiger partial charge on any atom is -0.481 e. The highest BCUT2D eigenvalue weighted by Gasteiger charge is 2.29. The van der Waals surface area contributed by atoms with Crippen LogP contribution in [-0.4, -0.2) is 60.9 Å². The van der Waals surface area contributed by atoms with Crippen LogP contribution in [-0.2, 0) is 9.53 Å². The van der Waals surface area contributed by atoms with Gasteiger partial charge in [0.05, 0.1) is 6.61 Å². The van der Waals surface area contributed by atoms with Crippen LogP contribution in [0.1, 0.15) is 19.8 Å². The van der Waals surface area contributed by atoms with E-state index in [-0.39, 0.29) is 18.4 Å². The molecule has 1 aliphatic rings. The number of carbonyl (C=O) groups excluding carboxylic acids is 1. The van der Waals surface area contributed by atoms with Crippen LogP contribution >= 0.6 is 0 Å². The number of piperidine rings is 1. The average molecular weight is 273 g/mol. The third-order valence-electron chi connectivity index (χ3n) is 3.12. The molecule has 7 nitrogen and oxygen atoms in total. The Morgan fingerprint density at radius 3 is 2.79 bits per heavy atom. The number of aliphatic carboxylic acids is 1. The second-order valence-electron chi connectivity index (χ2n) is 4.81. The van der Waals surface area contributed by atoms with Gasteiger partial charge in [0.15, 0.2) is 0 Å². The maximum absolute atomic E-state index is 11.4. The van der Waals surface area contributed by atoms with Crippen molar-refractivity contribution < 1.29 is 19.4 Å². The first-order chi connectivity index (χ1) is 9.05. The van der Waals surface area contributed by atoms with Gasteiger partial charge in [-0.15, -0.1) is 0 Å². The molecule has 7 heteroatoms. The van der Waals surface area contributed by atoms with Gasteiger partial charge in [-0.3, -0.25) is 9.69 Å². The zero-order chi connectivity index (χ0) is 14.3. The lowest BCUT2D eigenvalue weighted by Gasteiger charge is -2.37. The highest BCUT2D eigenvalue weighted by molar-refractivity contribution is 5.68. The number of carboxylic acids is 1. The van der Waals surface area contributed by atoms with Crippen LogP contribution in [0.25, 0.3) is 0 Å². The molecular formula is C12H23N3O4. The Labute approximate surface area is 113 Å². The Bertz CT molecular complexity index is 311. The molecule has 0 aromatic carbocycles. The van der Waals surface area contributed by atoms with E-state index in [0.717, 1.165) is 0 Å². The van der Waals surface area contributed by atoms with Crippen LogP contribution in [0.2, 0.25) is 0 Å². The van der Waals surface area contributed by atoms with Crippen molar-refractivity contribution in [2.24, 2.45) is 11.7 Å². The fourth-order valence-electron chi connectivity index (χ4n) is 2.51. The smallest absolute Gasteiger partial charge is 0.407 e. The van der Waals surface area contributed by atoms with Crippen molar-refractivity contribution in [1.29, 1.82) is 0 Å². The first-order valence-electron chi connectivity index (χ1n) is 6.62. The van der Waals surface area contributed by atoms with Crippen LogP contribution in [0.15, 0.2) is 0 Å². The predicted octanol–water partition coefficient (Wildman–Crippen LogP) is -0.144. The number of ether oxygens (including phenoxy) is 1. The number of likely N-dealkylation sites (tertiary alicyclic amines) is 1. The van der Waals surface area contributed by atoms with E-state index in [1.54, 1.807) is 6.92 Å². The molecule has 0 aromatic heterocycles. The van der Waals surface area contributed by atoms with E-state index in [1.807, 2.05) is 0 Å². The third kappa shape index (κ3) is 5.89. The standard InChI is InChI=1S/C12H23N3O4/c1-2-19-12(18)14-10-5-9(6-11(16)17)7-15(8-10)4-3-13/h9-10H,2-8,13H2,1H3,(H,14,18)(H,16,17). The maximum Gasteiger partial charge on any atom is 0.407 e. The van der Waals surface area contributed by atoms with Crippen LogP contribution in [0.4, 0.5) is 4.79 Å². The Morgan fingerprint density at radius 2 is 2.21 bits per heavy atom. The van der Waals surface area contributed by atoms with Crippen LogP contribution in [0.3, 0.4) is 0 Å². The predicted molar refractivity (Wildman–Crippen MR) is 69.8 cm³/mol. The zero-order valence-electron chi connectivity index (χ0n) is 11.3. The molecule has 0 aromatic rings. The van der Waals surface area contributed by atoms with Crippen molar-refractivity contribution in [3.05, 3.63) is 0 Å². The molecule has 0 aliphatic carbocycles. The molecule has 1 aliphatic heterocycles. The molecule has 0 radical (unpaired) electrons. The van der Waals surface area contributed by atoms with Crippen molar-refractivity contribution in [3.63, 3.8) is 0 Å². The van der Waals surface area contributed by atoms with E-state index < -0.39 is 12.1 Å². The summed E-state index contributed by atoms with van der Waals surface area (Å²) in [6.07, 6.45) is 0.324. The Morgan fingerprint density at radius 1 is 1.47 bits per heavy atom. The fourth-order valence-corrected chi connectivity index (χ4v) is 2.51. The molecule has 1 saturated heterocycles. The number of carboxylic acid groups (broad SMARTS) is 1. The molecule has 1 amide bonds. The van der Waals surface area contributed by atoms with Gasteiger partial charge in [-0.25, -0.2) is 4.79 Å². The number of carbonyl (C=O) groups is 2. The molecule has 2 unspecified atom stereocenters. The van der Waals surface area contributed by atoms with Gasteiger partial charge in [0, 0.05) is 38.6 Å². The second-order valence-corrected chi connectivity index (χ2v) is 4.81. The van der Waals surface area contributed by atoms with E-state index in [4.69, 9.17) is 15.6 Å². The normalized spacial score (nSPS) is 23.9. The largest absolute Gasteiger partial charge is 0.481 e. The topological polar surface area (TPSA) is 105 Å². The van der Waals surface area contributed by atoms with Crippen molar-refractivity contribution in [3.8, 4) is 0 Å². The van der Waals surface area contributed by atoms with Gasteiger partial charge in [0.1, 0.15) is 0 Å². The summed E-state index contributed by atoms with van der Waals surface area (Å²) in [5.74, 6) is -0.779. The highest BCUT2D eigenvalue weighted by atomic mass is 16.5. The minimum atomic E-state index is -0.811. The van der Waals surface area contributed by atoms with Gasteiger partial charge < -0.3 is 20.9 Å². The summed E-state index contributed by atoms with van der Waals surface area (Å²) < 4.78 is 4.85. The lowest BCUT2D eigenvalue weighted by atomic mass is 9.91. The summed E-state index contributed by atoms with van der Waals surface area (Å²) in [6.45, 7) is 4.69. The SMILES string of the molecule is CCOC(=O)NC1CC(CC(=O)O)CN(CCN)C1. The van der Waals surface area contributed by atoms with Crippen molar-refractivity contribution in [2.75, 3.05) is 32.8 Å². The number of hydrogen-bond donors (Lipinski definition) is 3. The lowest BCUT2D eigenvalue weighted by Crippen LogP contribution is -2.52. The molecule has 2 atom stereocenters. The summed E-state index contributed by atoms with van der Waals surface area (Å²) in [6, 6.07) is -0.0799. The number of nitrogens with one attached hydrogen (secondary N) is 1. The number of nitrogens with two attached hydrogens (primary N) is 1. The molecule has 110 valence electrons. The molecule has 19 heavy (non-hydrogen) atoms. The van der Waals surface area contributed by atoms with Crippen LogP contribution in [0.5, 0.6) is 0 Å². The lowest BCUT2D eigenvalue weighted by molar-refractivity contribution is -0.138. The van der Waals surface area contributed by atoms with Gasteiger partial charge in [-0.05, 0) is 19.3 Å². The zero-order valence-corrected chi connectivity index (χ0v) is 11.3. The number of hydrogen-bond acceptors (Lipinski definition) is 5. The molecule has 0 bridgehead atoms. The Kier molecular flexibility index (Phi) is 6.58. The maximum atomic E-state index is 11.4. The summed E-state index contributed by atoms with van der Waals surface area (Å²) in [7, 11) is 0. The Hall–Kier alpha value is -1.34. The van der Waals surface area contributed by atoms with E-state index >= 15 is 0 Å². The van der Waals surface area contributed by atoms with E-state index in [2.05, 4.69) is 10.2 Å². The van der Waals surface area contributed by atoms with Gasteiger partial charge in [-0.1, -0.05) is 0 Å². The van der Waals surface area contributed by atoms with Crippen molar-refractivity contribution in [1.82, 2.24) is 10.2 Å². The third-order valence-corrected chi connectivity index (χ3v) is 3.12. The first kappa shape index (κ1) is 15.7. The monoisotopic (exact) mass is 273 g/mol. The number of amides is 1. The number of rotatable bonds is 6. The van der Waals surface area contributed by atoms with Crippen molar-refractivity contribution in [2.45, 2.75) is 25.8 Å². The highest BCUT2D eigenvalue weighted by Crippen LogP contribution is 2.20. The van der Waals surface area contributed by atoms with Gasteiger partial charge in [0.2, 0.25) is 0 Å². The number of alkyl carbamates (subject to hydrolysis) is 1. The average Bonchev–Trinajstić information content (AvgIpc) is 2.28. The quantitative estimate of drug-likeness (QED) is 0.622.